The number of hydrogen-bond donors (Lipinski definition) is 0. The van der Waals surface area contributed by atoms with Gasteiger partial charge in [0.1, 0.15) is 5.60 Å². The van der Waals surface area contributed by atoms with Gasteiger partial charge in [0.05, 0.1) is 6.07 Å². The summed E-state index contributed by atoms with van der Waals surface area (Å²) in [7, 11) is 0. The van der Waals surface area contributed by atoms with E-state index in [0.29, 0.717) is 0 Å². The van der Waals surface area contributed by atoms with Crippen LogP contribution in [-0.4, -0.2) is 6.10 Å². The van der Waals surface area contributed by atoms with Gasteiger partial charge in [-0.3, -0.25) is 0 Å². The maximum Gasteiger partial charge on any atom is 0.152 e. The van der Waals surface area contributed by atoms with Crippen molar-refractivity contribution in [2.24, 2.45) is 0 Å². The second-order valence-electron chi connectivity index (χ2n) is 7.65. The zero-order valence-electron chi connectivity index (χ0n) is 17.6. The Kier molecular flexibility index (Phi) is 6.26. The first-order valence-electron chi connectivity index (χ1n) is 10.5. The lowest BCUT2D eigenvalue weighted by Crippen LogP contribution is -2.38. The molecule has 0 spiro atoms. The van der Waals surface area contributed by atoms with Crippen molar-refractivity contribution in [2.75, 3.05) is 0 Å². The van der Waals surface area contributed by atoms with Gasteiger partial charge >= 0.3 is 0 Å². The first-order chi connectivity index (χ1) is 15.3. The molecular formula is C29H25NO. The van der Waals surface area contributed by atoms with Crippen LogP contribution in [-0.2, 0) is 10.3 Å². The molecule has 2 atom stereocenters. The van der Waals surface area contributed by atoms with Gasteiger partial charge < -0.3 is 4.74 Å². The Bertz CT molecular complexity index is 1020. The molecule has 0 saturated carbocycles. The van der Waals surface area contributed by atoms with Crippen LogP contribution in [0.25, 0.3) is 0 Å². The fraction of sp³-hybridized carbons (Fsp3) is 0.138. The van der Waals surface area contributed by atoms with E-state index >= 15 is 0 Å². The Hall–Kier alpha value is -3.67. The van der Waals surface area contributed by atoms with E-state index in [1.54, 1.807) is 0 Å². The highest BCUT2D eigenvalue weighted by Crippen LogP contribution is 2.42. The molecule has 0 aliphatic carbocycles. The molecule has 2 unspecified atom stereocenters. The third-order valence-electron chi connectivity index (χ3n) is 5.75. The molecule has 152 valence electrons. The molecule has 2 heteroatoms. The summed E-state index contributed by atoms with van der Waals surface area (Å²) in [5, 5.41) is 10.2. The van der Waals surface area contributed by atoms with Gasteiger partial charge in [0.25, 0.3) is 0 Å². The number of nitriles is 1. The van der Waals surface area contributed by atoms with E-state index in [0.717, 1.165) is 22.3 Å². The van der Waals surface area contributed by atoms with E-state index in [9.17, 15) is 5.26 Å². The molecule has 31 heavy (non-hydrogen) atoms. The Balaban J connectivity index is 1.91. The maximum absolute atomic E-state index is 10.2. The van der Waals surface area contributed by atoms with Crippen LogP contribution < -0.4 is 0 Å². The van der Waals surface area contributed by atoms with Crippen LogP contribution in [0, 0.1) is 11.3 Å². The minimum Gasteiger partial charge on any atom is -0.342 e. The highest BCUT2D eigenvalue weighted by Gasteiger charge is 2.41. The van der Waals surface area contributed by atoms with Gasteiger partial charge in [0.2, 0.25) is 0 Å². The van der Waals surface area contributed by atoms with Crippen molar-refractivity contribution in [1.29, 1.82) is 5.26 Å². The quantitative estimate of drug-likeness (QED) is 0.322. The lowest BCUT2D eigenvalue weighted by molar-refractivity contribution is -0.0302. The van der Waals surface area contributed by atoms with E-state index < -0.39 is 11.7 Å². The zero-order valence-corrected chi connectivity index (χ0v) is 17.6. The van der Waals surface area contributed by atoms with E-state index in [1.807, 2.05) is 84.9 Å². The normalized spacial score (nSPS) is 13.2. The van der Waals surface area contributed by atoms with Crippen molar-refractivity contribution in [3.8, 4) is 6.07 Å². The van der Waals surface area contributed by atoms with Crippen molar-refractivity contribution in [3.63, 3.8) is 0 Å². The molecule has 0 N–H and O–H groups in total. The van der Waals surface area contributed by atoms with Crippen LogP contribution in [0.3, 0.4) is 0 Å². The summed E-state index contributed by atoms with van der Waals surface area (Å²) < 4.78 is 6.90. The zero-order chi connectivity index (χ0) is 21.5. The van der Waals surface area contributed by atoms with Crippen LogP contribution in [0.1, 0.15) is 35.1 Å². The molecule has 0 aromatic heterocycles. The third-order valence-corrected chi connectivity index (χ3v) is 5.75. The molecule has 0 saturated heterocycles. The lowest BCUT2D eigenvalue weighted by atomic mass is 9.79. The van der Waals surface area contributed by atoms with Crippen LogP contribution >= 0.6 is 0 Å². The summed E-state index contributed by atoms with van der Waals surface area (Å²) in [6.07, 6.45) is -0.650. The van der Waals surface area contributed by atoms with Gasteiger partial charge in [-0.2, -0.15) is 5.26 Å². The van der Waals surface area contributed by atoms with Gasteiger partial charge in [-0.25, -0.2) is 0 Å². The summed E-state index contributed by atoms with van der Waals surface area (Å²) in [6.45, 7) is 2.05. The van der Waals surface area contributed by atoms with E-state index in [1.165, 1.54) is 0 Å². The smallest absolute Gasteiger partial charge is 0.152 e. The van der Waals surface area contributed by atoms with Crippen molar-refractivity contribution in [2.45, 2.75) is 24.5 Å². The molecule has 4 aromatic carbocycles. The Morgan fingerprint density at radius 2 is 0.968 bits per heavy atom. The summed E-state index contributed by atoms with van der Waals surface area (Å²) in [5.74, 6) is -0.0956. The fourth-order valence-electron chi connectivity index (χ4n) is 4.08. The fourth-order valence-corrected chi connectivity index (χ4v) is 4.08. The minimum atomic E-state index is -0.910. The molecule has 4 aromatic rings. The summed E-state index contributed by atoms with van der Waals surface area (Å²) in [6, 6.07) is 43.0. The molecule has 0 bridgehead atoms. The van der Waals surface area contributed by atoms with Crippen LogP contribution in [0.5, 0.6) is 0 Å². The molecule has 0 amide bonds. The maximum atomic E-state index is 10.2. The van der Waals surface area contributed by atoms with Gasteiger partial charge in [0.15, 0.2) is 6.10 Å². The largest absolute Gasteiger partial charge is 0.342 e. The van der Waals surface area contributed by atoms with Crippen molar-refractivity contribution < 1.29 is 4.74 Å². The third kappa shape index (κ3) is 4.14. The molecule has 0 aliphatic heterocycles. The number of benzene rings is 4. The number of nitrogens with zero attached hydrogens (tertiary/aromatic N) is 1. The van der Waals surface area contributed by atoms with Crippen LogP contribution in [0.2, 0.25) is 0 Å². The first kappa shape index (κ1) is 20.6. The Morgan fingerprint density at radius 1 is 0.613 bits per heavy atom. The average molecular weight is 404 g/mol. The summed E-state index contributed by atoms with van der Waals surface area (Å²) in [5.41, 5.74) is 3.15. The van der Waals surface area contributed by atoms with Crippen LogP contribution in [0.4, 0.5) is 0 Å². The molecule has 0 fully saturated rings. The van der Waals surface area contributed by atoms with Gasteiger partial charge in [-0.1, -0.05) is 128 Å². The number of ether oxygens (including phenoxy) is 1. The summed E-state index contributed by atoms with van der Waals surface area (Å²) >= 11 is 0. The molecule has 0 aliphatic rings. The van der Waals surface area contributed by atoms with E-state index in [2.05, 4.69) is 49.4 Å². The highest BCUT2D eigenvalue weighted by atomic mass is 16.5. The molecular weight excluding hydrogens is 378 g/mol. The van der Waals surface area contributed by atoms with Crippen molar-refractivity contribution >= 4 is 0 Å². The Labute approximate surface area is 184 Å². The van der Waals surface area contributed by atoms with Gasteiger partial charge in [0, 0.05) is 5.92 Å². The number of hydrogen-bond acceptors (Lipinski definition) is 2. The van der Waals surface area contributed by atoms with E-state index in [4.69, 9.17) is 4.74 Å². The van der Waals surface area contributed by atoms with Gasteiger partial charge in [-0.05, 0) is 22.3 Å². The Morgan fingerprint density at radius 3 is 1.32 bits per heavy atom. The van der Waals surface area contributed by atoms with Crippen LogP contribution in [0.15, 0.2) is 121 Å². The standard InChI is InChI=1S/C29H25NO/c1-23(24-14-6-2-7-15-24)28(22-30)31-29(25-16-8-3-9-17-25,26-18-10-4-11-19-26)27-20-12-5-13-21-27/h2-21,23,28H,1H3. The molecule has 0 radical (unpaired) electrons. The predicted octanol–water partition coefficient (Wildman–Crippen LogP) is 6.69. The van der Waals surface area contributed by atoms with Crippen molar-refractivity contribution in [3.05, 3.63) is 144 Å². The SMILES string of the molecule is CC(c1ccccc1)C(C#N)OC(c1ccccc1)(c1ccccc1)c1ccccc1. The lowest BCUT2D eigenvalue weighted by Gasteiger charge is -2.38. The highest BCUT2D eigenvalue weighted by molar-refractivity contribution is 5.47. The van der Waals surface area contributed by atoms with E-state index in [-0.39, 0.29) is 5.92 Å². The second-order valence-corrected chi connectivity index (χ2v) is 7.65. The molecule has 0 heterocycles. The topological polar surface area (TPSA) is 33.0 Å². The first-order valence-corrected chi connectivity index (χ1v) is 10.5. The predicted molar refractivity (Wildman–Crippen MR) is 125 cm³/mol. The average Bonchev–Trinajstić information content (AvgIpc) is 2.87. The number of rotatable bonds is 7. The second kappa shape index (κ2) is 9.43. The summed E-state index contributed by atoms with van der Waals surface area (Å²) in [4.78, 5) is 0. The molecule has 4 rings (SSSR count). The van der Waals surface area contributed by atoms with Gasteiger partial charge in [-0.15, -0.1) is 0 Å². The monoisotopic (exact) mass is 403 g/mol. The van der Waals surface area contributed by atoms with Crippen molar-refractivity contribution in [1.82, 2.24) is 0 Å². The molecule has 2 nitrogen and oxygen atoms in total. The minimum absolute atomic E-state index is 0.0956.